The number of amides is 2. The maximum absolute atomic E-state index is 11.6. The maximum atomic E-state index is 11.6. The Hall–Kier alpha value is -1.26. The molecule has 0 fully saturated rings. The molecule has 1 unspecified atom stereocenters. The molecule has 4 nitrogen and oxygen atoms in total. The summed E-state index contributed by atoms with van der Waals surface area (Å²) in [6, 6.07) is 4.75. The van der Waals surface area contributed by atoms with Crippen LogP contribution in [0.5, 0.6) is 0 Å². The van der Waals surface area contributed by atoms with Crippen molar-refractivity contribution < 1.29 is 9.59 Å². The minimum Gasteiger partial charge on any atom is -0.345 e. The molecule has 98 valence electrons. The van der Waals surface area contributed by atoms with Crippen LogP contribution in [0.15, 0.2) is 18.2 Å². The van der Waals surface area contributed by atoms with Gasteiger partial charge in [0.2, 0.25) is 0 Å². The first-order valence-corrected chi connectivity index (χ1v) is 6.27. The highest BCUT2D eigenvalue weighted by molar-refractivity contribution is 6.44. The van der Waals surface area contributed by atoms with E-state index in [1.807, 2.05) is 13.8 Å². The molecule has 0 aromatic heterocycles. The van der Waals surface area contributed by atoms with Crippen LogP contribution in [0, 0.1) is 0 Å². The van der Waals surface area contributed by atoms with Crippen LogP contribution in [0.25, 0.3) is 0 Å². The molecule has 0 aliphatic rings. The Kier molecular flexibility index (Phi) is 5.44. The van der Waals surface area contributed by atoms with Crippen molar-refractivity contribution in [3.05, 3.63) is 28.2 Å². The molecule has 0 saturated heterocycles. The van der Waals surface area contributed by atoms with E-state index in [0.29, 0.717) is 0 Å². The van der Waals surface area contributed by atoms with Crippen molar-refractivity contribution in [2.45, 2.75) is 26.3 Å². The summed E-state index contributed by atoms with van der Waals surface area (Å²) >= 11 is 11.8. The summed E-state index contributed by atoms with van der Waals surface area (Å²) in [4.78, 5) is 23.2. The zero-order valence-corrected chi connectivity index (χ0v) is 11.6. The van der Waals surface area contributed by atoms with Gasteiger partial charge in [0.05, 0.1) is 15.7 Å². The Bertz CT molecular complexity index is 443. The van der Waals surface area contributed by atoms with Crippen molar-refractivity contribution in [2.24, 2.45) is 0 Å². The molecule has 1 aromatic rings. The highest BCUT2D eigenvalue weighted by atomic mass is 35.5. The Balaban J connectivity index is 2.73. The molecule has 1 aromatic carbocycles. The molecule has 1 rings (SSSR count). The summed E-state index contributed by atoms with van der Waals surface area (Å²) < 4.78 is 0. The first-order valence-electron chi connectivity index (χ1n) is 5.51. The number of hydrogen-bond donors (Lipinski definition) is 2. The number of hydrogen-bond acceptors (Lipinski definition) is 2. The third kappa shape index (κ3) is 3.89. The smallest absolute Gasteiger partial charge is 0.313 e. The molecule has 18 heavy (non-hydrogen) atoms. The van der Waals surface area contributed by atoms with Gasteiger partial charge in [-0.3, -0.25) is 9.59 Å². The lowest BCUT2D eigenvalue weighted by Crippen LogP contribution is -2.40. The second-order valence-corrected chi connectivity index (χ2v) is 4.65. The van der Waals surface area contributed by atoms with E-state index in [0.717, 1.165) is 6.42 Å². The maximum Gasteiger partial charge on any atom is 0.313 e. The molecule has 0 bridgehead atoms. The molecule has 6 heteroatoms. The van der Waals surface area contributed by atoms with Crippen molar-refractivity contribution in [3.63, 3.8) is 0 Å². The number of para-hydroxylation sites is 1. The van der Waals surface area contributed by atoms with Crippen molar-refractivity contribution in [1.29, 1.82) is 0 Å². The summed E-state index contributed by atoms with van der Waals surface area (Å²) in [5, 5.41) is 5.51. The first-order chi connectivity index (χ1) is 8.45. The average Bonchev–Trinajstić information content (AvgIpc) is 2.33. The minimum atomic E-state index is -0.787. The van der Waals surface area contributed by atoms with E-state index in [9.17, 15) is 9.59 Å². The fraction of sp³-hybridized carbons (Fsp3) is 0.333. The summed E-state index contributed by atoms with van der Waals surface area (Å²) in [5.41, 5.74) is 0.241. The van der Waals surface area contributed by atoms with Crippen molar-refractivity contribution in [1.82, 2.24) is 5.32 Å². The molecule has 0 radical (unpaired) electrons. The van der Waals surface area contributed by atoms with Crippen LogP contribution in [0.4, 0.5) is 5.69 Å². The van der Waals surface area contributed by atoms with Gasteiger partial charge in [-0.1, -0.05) is 36.2 Å². The van der Waals surface area contributed by atoms with Crippen molar-refractivity contribution in [2.75, 3.05) is 5.32 Å². The highest BCUT2D eigenvalue weighted by Gasteiger charge is 2.17. The van der Waals surface area contributed by atoms with Crippen LogP contribution in [0.1, 0.15) is 20.3 Å². The van der Waals surface area contributed by atoms with E-state index in [-0.39, 0.29) is 21.8 Å². The zero-order chi connectivity index (χ0) is 13.7. The fourth-order valence-corrected chi connectivity index (χ4v) is 1.67. The standard InChI is InChI=1S/C12H14Cl2N2O2/c1-3-7(2)15-11(17)12(18)16-10-8(13)5-4-6-9(10)14/h4-7H,3H2,1-2H3,(H,15,17)(H,16,18). The third-order valence-electron chi connectivity index (χ3n) is 2.40. The number of benzene rings is 1. The average molecular weight is 289 g/mol. The number of nitrogens with one attached hydrogen (secondary N) is 2. The van der Waals surface area contributed by atoms with E-state index >= 15 is 0 Å². The third-order valence-corrected chi connectivity index (χ3v) is 3.03. The molecular weight excluding hydrogens is 275 g/mol. The second kappa shape index (κ2) is 6.61. The quantitative estimate of drug-likeness (QED) is 0.841. The van der Waals surface area contributed by atoms with Crippen LogP contribution in [-0.2, 0) is 9.59 Å². The Labute approximate surface area is 116 Å². The van der Waals surface area contributed by atoms with E-state index in [4.69, 9.17) is 23.2 Å². The monoisotopic (exact) mass is 288 g/mol. The molecule has 0 aliphatic heterocycles. The minimum absolute atomic E-state index is 0.0648. The Morgan fingerprint density at radius 2 is 1.78 bits per heavy atom. The molecule has 0 saturated carbocycles. The van der Waals surface area contributed by atoms with Gasteiger partial charge < -0.3 is 10.6 Å². The largest absolute Gasteiger partial charge is 0.345 e. The van der Waals surface area contributed by atoms with Gasteiger partial charge in [0.25, 0.3) is 0 Å². The van der Waals surface area contributed by atoms with Crippen LogP contribution < -0.4 is 10.6 Å². The summed E-state index contributed by atoms with van der Waals surface area (Å²) in [6.07, 6.45) is 0.742. The molecule has 0 aliphatic carbocycles. The van der Waals surface area contributed by atoms with Crippen LogP contribution in [0.2, 0.25) is 10.0 Å². The van der Waals surface area contributed by atoms with Gasteiger partial charge in [-0.25, -0.2) is 0 Å². The van der Waals surface area contributed by atoms with Gasteiger partial charge in [0.15, 0.2) is 0 Å². The van der Waals surface area contributed by atoms with E-state index in [2.05, 4.69) is 10.6 Å². The summed E-state index contributed by atoms with van der Waals surface area (Å²) in [5.74, 6) is -1.49. The van der Waals surface area contributed by atoms with Gasteiger partial charge in [0, 0.05) is 6.04 Å². The van der Waals surface area contributed by atoms with Gasteiger partial charge in [0.1, 0.15) is 0 Å². The van der Waals surface area contributed by atoms with Gasteiger partial charge in [-0.2, -0.15) is 0 Å². The molecule has 0 spiro atoms. The molecular formula is C12H14Cl2N2O2. The number of anilines is 1. The molecule has 2 amide bonds. The van der Waals surface area contributed by atoms with Crippen LogP contribution >= 0.6 is 23.2 Å². The Morgan fingerprint density at radius 1 is 1.22 bits per heavy atom. The van der Waals surface area contributed by atoms with Gasteiger partial charge in [-0.05, 0) is 25.5 Å². The van der Waals surface area contributed by atoms with Gasteiger partial charge in [-0.15, -0.1) is 0 Å². The topological polar surface area (TPSA) is 58.2 Å². The van der Waals surface area contributed by atoms with E-state index < -0.39 is 11.8 Å². The highest BCUT2D eigenvalue weighted by Crippen LogP contribution is 2.29. The second-order valence-electron chi connectivity index (χ2n) is 3.83. The van der Waals surface area contributed by atoms with E-state index in [1.165, 1.54) is 0 Å². The summed E-state index contributed by atoms with van der Waals surface area (Å²) in [7, 11) is 0. The predicted octanol–water partition coefficient (Wildman–Crippen LogP) is 2.85. The van der Waals surface area contributed by atoms with Crippen LogP contribution in [-0.4, -0.2) is 17.9 Å². The van der Waals surface area contributed by atoms with E-state index in [1.54, 1.807) is 18.2 Å². The normalized spacial score (nSPS) is 11.8. The molecule has 2 N–H and O–H groups in total. The number of rotatable bonds is 3. The molecule has 1 atom stereocenters. The fourth-order valence-electron chi connectivity index (χ4n) is 1.18. The SMILES string of the molecule is CCC(C)NC(=O)C(=O)Nc1c(Cl)cccc1Cl. The number of carbonyl (C=O) groups excluding carboxylic acids is 2. The predicted molar refractivity (Wildman–Crippen MR) is 73.0 cm³/mol. The van der Waals surface area contributed by atoms with Gasteiger partial charge >= 0.3 is 11.8 Å². The van der Waals surface area contributed by atoms with Crippen LogP contribution in [0.3, 0.4) is 0 Å². The number of carbonyl (C=O) groups is 2. The Morgan fingerprint density at radius 3 is 2.28 bits per heavy atom. The van der Waals surface area contributed by atoms with Crippen molar-refractivity contribution in [3.8, 4) is 0 Å². The first kappa shape index (κ1) is 14.8. The lowest BCUT2D eigenvalue weighted by Gasteiger charge is -2.12. The zero-order valence-electron chi connectivity index (χ0n) is 10.1. The number of halogens is 2. The lowest BCUT2D eigenvalue weighted by atomic mass is 10.2. The molecule has 0 heterocycles. The van der Waals surface area contributed by atoms with Crippen molar-refractivity contribution >= 4 is 40.7 Å². The summed E-state index contributed by atoms with van der Waals surface area (Å²) in [6.45, 7) is 3.72. The lowest BCUT2D eigenvalue weighted by molar-refractivity contribution is -0.136.